The highest BCUT2D eigenvalue weighted by molar-refractivity contribution is 7.90. The number of nitrogen functional groups attached to an aromatic ring is 1. The first-order chi connectivity index (χ1) is 9.79. The van der Waals surface area contributed by atoms with Gasteiger partial charge in [0.1, 0.15) is 11.7 Å². The quantitative estimate of drug-likeness (QED) is 0.580. The molecule has 1 aliphatic rings. The lowest BCUT2D eigenvalue weighted by atomic mass is 10.0. The molecule has 0 aliphatic carbocycles. The Kier molecular flexibility index (Phi) is 4.48. The molecule has 116 valence electrons. The topological polar surface area (TPSA) is 99.3 Å². The maximum absolute atomic E-state index is 13.4. The predicted molar refractivity (Wildman–Crippen MR) is 79.9 cm³/mol. The van der Waals surface area contributed by atoms with Crippen LogP contribution in [0.5, 0.6) is 0 Å². The van der Waals surface area contributed by atoms with Gasteiger partial charge >= 0.3 is 10.2 Å². The molecular weight excluding hydrogens is 295 g/mol. The number of nitrogens with two attached hydrogens (primary N) is 1. The van der Waals surface area contributed by atoms with Gasteiger partial charge in [-0.05, 0) is 37.0 Å². The summed E-state index contributed by atoms with van der Waals surface area (Å²) in [4.78, 5) is 0. The number of hydrogen-bond acceptors (Lipinski definition) is 3. The zero-order chi connectivity index (χ0) is 15.6. The summed E-state index contributed by atoms with van der Waals surface area (Å²) in [6, 6.07) is 3.63. The Labute approximate surface area is 123 Å². The van der Waals surface area contributed by atoms with Crippen molar-refractivity contribution in [1.29, 1.82) is 5.41 Å². The van der Waals surface area contributed by atoms with Gasteiger partial charge in [-0.3, -0.25) is 10.1 Å². The van der Waals surface area contributed by atoms with Crippen LogP contribution in [0.1, 0.15) is 25.3 Å². The summed E-state index contributed by atoms with van der Waals surface area (Å²) in [5.41, 5.74) is 5.33. The number of anilines is 1. The average Bonchev–Trinajstić information content (AvgIpc) is 2.41. The van der Waals surface area contributed by atoms with E-state index in [-0.39, 0.29) is 11.3 Å². The molecule has 8 heteroatoms. The summed E-state index contributed by atoms with van der Waals surface area (Å²) < 4.78 is 41.8. The molecule has 1 heterocycles. The Bertz CT molecular complexity index is 640. The standard InChI is InChI=1S/C13H19FN4O2S/c1-9-4-6-18(7-5-9)21(19,20)17-10-2-3-12(14)11(8-10)13(15)16/h2-3,8-9,17H,4-7H2,1H3,(H3,15,16). The molecule has 1 fully saturated rings. The average molecular weight is 314 g/mol. The summed E-state index contributed by atoms with van der Waals surface area (Å²) in [6.07, 6.45) is 1.64. The third kappa shape index (κ3) is 3.70. The number of nitrogens with zero attached hydrogens (tertiary/aromatic N) is 1. The Hall–Kier alpha value is -1.67. The summed E-state index contributed by atoms with van der Waals surface area (Å²) in [5.74, 6) is -0.579. The van der Waals surface area contributed by atoms with Crippen LogP contribution in [0.3, 0.4) is 0 Å². The van der Waals surface area contributed by atoms with Crippen molar-refractivity contribution in [3.8, 4) is 0 Å². The summed E-state index contributed by atoms with van der Waals surface area (Å²) in [7, 11) is -3.67. The zero-order valence-corrected chi connectivity index (χ0v) is 12.6. The number of piperidine rings is 1. The van der Waals surface area contributed by atoms with Crippen molar-refractivity contribution in [2.24, 2.45) is 11.7 Å². The third-order valence-corrected chi connectivity index (χ3v) is 5.12. The molecule has 0 bridgehead atoms. The normalized spacial score (nSPS) is 17.6. The second kappa shape index (κ2) is 5.98. The molecule has 1 aliphatic heterocycles. The molecule has 1 saturated heterocycles. The van der Waals surface area contributed by atoms with E-state index in [0.29, 0.717) is 19.0 Å². The minimum atomic E-state index is -3.67. The fraction of sp³-hybridized carbons (Fsp3) is 0.462. The fourth-order valence-electron chi connectivity index (χ4n) is 2.23. The number of hydrogen-bond donors (Lipinski definition) is 3. The molecule has 0 unspecified atom stereocenters. The highest BCUT2D eigenvalue weighted by atomic mass is 32.2. The van der Waals surface area contributed by atoms with Crippen LogP contribution in [-0.4, -0.2) is 31.6 Å². The Morgan fingerprint density at radius 1 is 1.43 bits per heavy atom. The molecule has 6 nitrogen and oxygen atoms in total. The van der Waals surface area contributed by atoms with E-state index in [1.165, 1.54) is 16.4 Å². The molecule has 0 atom stereocenters. The lowest BCUT2D eigenvalue weighted by Gasteiger charge is -2.29. The van der Waals surface area contributed by atoms with Gasteiger partial charge in [-0.25, -0.2) is 4.39 Å². The first kappa shape index (κ1) is 15.7. The number of nitrogens with one attached hydrogen (secondary N) is 2. The van der Waals surface area contributed by atoms with Gasteiger partial charge in [0, 0.05) is 13.1 Å². The molecule has 21 heavy (non-hydrogen) atoms. The monoisotopic (exact) mass is 314 g/mol. The maximum atomic E-state index is 13.4. The minimum Gasteiger partial charge on any atom is -0.384 e. The van der Waals surface area contributed by atoms with Gasteiger partial charge in [-0.1, -0.05) is 6.92 Å². The third-order valence-electron chi connectivity index (χ3n) is 3.59. The van der Waals surface area contributed by atoms with E-state index in [4.69, 9.17) is 11.1 Å². The summed E-state index contributed by atoms with van der Waals surface area (Å²) >= 11 is 0. The van der Waals surface area contributed by atoms with E-state index >= 15 is 0 Å². The minimum absolute atomic E-state index is 0.123. The van der Waals surface area contributed by atoms with Crippen LogP contribution < -0.4 is 10.5 Å². The second-order valence-corrected chi connectivity index (χ2v) is 6.97. The van der Waals surface area contributed by atoms with Gasteiger partial charge in [0.05, 0.1) is 11.3 Å². The largest absolute Gasteiger partial charge is 0.384 e. The van der Waals surface area contributed by atoms with Gasteiger partial charge in [0.25, 0.3) is 0 Å². The van der Waals surface area contributed by atoms with Crippen molar-refractivity contribution < 1.29 is 12.8 Å². The number of amidine groups is 1. The first-order valence-corrected chi connectivity index (χ1v) is 8.15. The fourth-order valence-corrected chi connectivity index (χ4v) is 3.48. The SMILES string of the molecule is CC1CCN(S(=O)(=O)Nc2ccc(F)c(C(=N)N)c2)CC1. The van der Waals surface area contributed by atoms with Crippen molar-refractivity contribution in [3.05, 3.63) is 29.6 Å². The summed E-state index contributed by atoms with van der Waals surface area (Å²) in [5, 5.41) is 7.27. The Morgan fingerprint density at radius 3 is 2.62 bits per heavy atom. The lowest BCUT2D eigenvalue weighted by Crippen LogP contribution is -2.41. The van der Waals surface area contributed by atoms with Crippen LogP contribution in [0.4, 0.5) is 10.1 Å². The molecule has 1 aromatic rings. The Morgan fingerprint density at radius 2 is 2.05 bits per heavy atom. The van der Waals surface area contributed by atoms with E-state index in [1.807, 2.05) is 0 Å². The van der Waals surface area contributed by atoms with Crippen molar-refractivity contribution in [2.45, 2.75) is 19.8 Å². The highest BCUT2D eigenvalue weighted by Crippen LogP contribution is 2.21. The van der Waals surface area contributed by atoms with E-state index in [1.54, 1.807) is 0 Å². The van der Waals surface area contributed by atoms with Crippen LogP contribution in [0.25, 0.3) is 0 Å². The second-order valence-electron chi connectivity index (χ2n) is 5.30. The lowest BCUT2D eigenvalue weighted by molar-refractivity contribution is 0.289. The van der Waals surface area contributed by atoms with Crippen LogP contribution >= 0.6 is 0 Å². The van der Waals surface area contributed by atoms with Crippen molar-refractivity contribution >= 4 is 21.7 Å². The number of halogens is 1. The first-order valence-electron chi connectivity index (χ1n) is 6.71. The van der Waals surface area contributed by atoms with E-state index < -0.39 is 21.9 Å². The summed E-state index contributed by atoms with van der Waals surface area (Å²) in [6.45, 7) is 3.03. The molecular formula is C13H19FN4O2S. The van der Waals surface area contributed by atoms with Crippen LogP contribution in [-0.2, 0) is 10.2 Å². The predicted octanol–water partition coefficient (Wildman–Crippen LogP) is 1.50. The van der Waals surface area contributed by atoms with Gasteiger partial charge < -0.3 is 5.73 Å². The van der Waals surface area contributed by atoms with E-state index in [0.717, 1.165) is 18.9 Å². The number of rotatable bonds is 4. The highest BCUT2D eigenvalue weighted by Gasteiger charge is 2.26. The Balaban J connectivity index is 2.17. The molecule has 0 aromatic heterocycles. The smallest absolute Gasteiger partial charge is 0.301 e. The van der Waals surface area contributed by atoms with Crippen molar-refractivity contribution in [2.75, 3.05) is 17.8 Å². The maximum Gasteiger partial charge on any atom is 0.301 e. The van der Waals surface area contributed by atoms with Gasteiger partial charge in [0.15, 0.2) is 0 Å². The van der Waals surface area contributed by atoms with Crippen LogP contribution in [0.2, 0.25) is 0 Å². The molecule has 0 spiro atoms. The van der Waals surface area contributed by atoms with Crippen LogP contribution in [0, 0.1) is 17.1 Å². The van der Waals surface area contributed by atoms with Gasteiger partial charge in [0.2, 0.25) is 0 Å². The van der Waals surface area contributed by atoms with E-state index in [9.17, 15) is 12.8 Å². The zero-order valence-electron chi connectivity index (χ0n) is 11.8. The molecule has 0 saturated carbocycles. The molecule has 4 N–H and O–H groups in total. The molecule has 2 rings (SSSR count). The molecule has 0 radical (unpaired) electrons. The van der Waals surface area contributed by atoms with Crippen molar-refractivity contribution in [1.82, 2.24) is 4.31 Å². The van der Waals surface area contributed by atoms with Crippen LogP contribution in [0.15, 0.2) is 18.2 Å². The molecule has 0 amide bonds. The molecule has 1 aromatic carbocycles. The van der Waals surface area contributed by atoms with Crippen molar-refractivity contribution in [3.63, 3.8) is 0 Å². The van der Waals surface area contributed by atoms with Gasteiger partial charge in [-0.15, -0.1) is 0 Å². The number of benzene rings is 1. The van der Waals surface area contributed by atoms with Gasteiger partial charge in [-0.2, -0.15) is 12.7 Å². The van der Waals surface area contributed by atoms with E-state index in [2.05, 4.69) is 11.6 Å².